The summed E-state index contributed by atoms with van der Waals surface area (Å²) in [6.45, 7) is 1.96. The molecule has 0 radical (unpaired) electrons. The van der Waals surface area contributed by atoms with Crippen molar-refractivity contribution in [3.05, 3.63) is 40.7 Å². The van der Waals surface area contributed by atoms with Crippen molar-refractivity contribution in [1.82, 2.24) is 4.98 Å². The van der Waals surface area contributed by atoms with Crippen LogP contribution in [0, 0.1) is 12.7 Å². The van der Waals surface area contributed by atoms with Gasteiger partial charge in [-0.1, -0.05) is 12.2 Å². The second-order valence-electron chi connectivity index (χ2n) is 3.46. The number of nitrogens with two attached hydrogens (primary N) is 1. The second kappa shape index (κ2) is 4.77. The number of benzene rings is 1. The predicted molar refractivity (Wildman–Crippen MR) is 72.4 cm³/mol. The first kappa shape index (κ1) is 11.9. The third kappa shape index (κ3) is 2.78. The summed E-state index contributed by atoms with van der Waals surface area (Å²) >= 11 is 6.24. The summed E-state index contributed by atoms with van der Waals surface area (Å²) in [6.07, 6.45) is 1.76. The lowest BCUT2D eigenvalue weighted by molar-refractivity contribution is 0.626. The molecule has 0 spiro atoms. The van der Waals surface area contributed by atoms with Gasteiger partial charge in [0.1, 0.15) is 10.8 Å². The fraction of sp³-hybridized carbons (Fsp3) is 0.0909. The Hall–Kier alpha value is -1.53. The molecule has 3 nitrogen and oxygen atoms in total. The number of thiocarbonyl (C=S) groups is 1. The fourth-order valence-electron chi connectivity index (χ4n) is 1.33. The first-order chi connectivity index (χ1) is 8.06. The van der Waals surface area contributed by atoms with Crippen molar-refractivity contribution < 1.29 is 4.39 Å². The number of anilines is 2. The maximum absolute atomic E-state index is 13.6. The molecule has 0 aliphatic rings. The van der Waals surface area contributed by atoms with Crippen molar-refractivity contribution in [2.45, 2.75) is 6.92 Å². The molecule has 1 heterocycles. The number of rotatable bonds is 3. The lowest BCUT2D eigenvalue weighted by atomic mass is 10.2. The van der Waals surface area contributed by atoms with E-state index in [0.29, 0.717) is 5.69 Å². The number of hydrogen-bond acceptors (Lipinski definition) is 4. The van der Waals surface area contributed by atoms with E-state index in [0.717, 1.165) is 10.0 Å². The number of halogens is 1. The summed E-state index contributed by atoms with van der Waals surface area (Å²) in [7, 11) is 0. The smallest absolute Gasteiger partial charge is 0.187 e. The Morgan fingerprint density at radius 1 is 1.53 bits per heavy atom. The molecule has 6 heteroatoms. The summed E-state index contributed by atoms with van der Waals surface area (Å²) < 4.78 is 13.6. The lowest BCUT2D eigenvalue weighted by Gasteiger charge is -2.05. The summed E-state index contributed by atoms with van der Waals surface area (Å²) in [5, 5.41) is 3.74. The van der Waals surface area contributed by atoms with Gasteiger partial charge >= 0.3 is 0 Å². The van der Waals surface area contributed by atoms with E-state index in [1.54, 1.807) is 18.3 Å². The van der Waals surface area contributed by atoms with Crippen LogP contribution >= 0.6 is 23.6 Å². The highest BCUT2D eigenvalue weighted by Gasteiger charge is 2.06. The Morgan fingerprint density at radius 3 is 2.82 bits per heavy atom. The first-order valence-electron chi connectivity index (χ1n) is 4.85. The molecule has 1 aromatic heterocycles. The third-order valence-corrected chi connectivity index (χ3v) is 3.16. The summed E-state index contributed by atoms with van der Waals surface area (Å²) in [5.41, 5.74) is 6.25. The minimum absolute atomic E-state index is 0.0548. The van der Waals surface area contributed by atoms with Gasteiger partial charge < -0.3 is 11.1 Å². The number of aryl methyl sites for hydroxylation is 1. The molecule has 3 N–H and O–H groups in total. The van der Waals surface area contributed by atoms with Crippen LogP contribution in [-0.4, -0.2) is 9.97 Å². The van der Waals surface area contributed by atoms with Crippen LogP contribution in [0.2, 0.25) is 0 Å². The molecule has 0 saturated carbocycles. The number of thiazole rings is 1. The van der Waals surface area contributed by atoms with E-state index >= 15 is 0 Å². The van der Waals surface area contributed by atoms with Crippen LogP contribution in [0.5, 0.6) is 0 Å². The molecule has 0 aliphatic carbocycles. The average molecular weight is 267 g/mol. The van der Waals surface area contributed by atoms with E-state index in [1.807, 2.05) is 6.92 Å². The van der Waals surface area contributed by atoms with Crippen molar-refractivity contribution in [2.75, 3.05) is 5.32 Å². The normalized spacial score (nSPS) is 10.2. The van der Waals surface area contributed by atoms with Gasteiger partial charge in [-0.25, -0.2) is 9.37 Å². The van der Waals surface area contributed by atoms with Gasteiger partial charge in [-0.2, -0.15) is 0 Å². The molecule has 0 saturated heterocycles. The highest BCUT2D eigenvalue weighted by Crippen LogP contribution is 2.23. The fourth-order valence-corrected chi connectivity index (χ4v) is 2.18. The van der Waals surface area contributed by atoms with E-state index in [4.69, 9.17) is 18.0 Å². The van der Waals surface area contributed by atoms with Gasteiger partial charge in [0.15, 0.2) is 5.13 Å². The minimum atomic E-state index is -0.434. The topological polar surface area (TPSA) is 50.9 Å². The summed E-state index contributed by atoms with van der Waals surface area (Å²) in [5.74, 6) is -0.434. The Balaban J connectivity index is 2.23. The molecular weight excluding hydrogens is 257 g/mol. The standard InChI is InChI=1S/C11H10FN3S2/c1-6-5-14-11(17-6)15-7-2-3-8(10(13)16)9(12)4-7/h2-5H,1H3,(H2,13,16)(H,14,15). The number of aromatic nitrogens is 1. The van der Waals surface area contributed by atoms with Crippen molar-refractivity contribution in [2.24, 2.45) is 5.73 Å². The largest absolute Gasteiger partial charge is 0.389 e. The molecular formula is C11H10FN3S2. The number of hydrogen-bond donors (Lipinski definition) is 2. The van der Waals surface area contributed by atoms with Gasteiger partial charge in [0.2, 0.25) is 0 Å². The van der Waals surface area contributed by atoms with E-state index < -0.39 is 5.82 Å². The molecule has 2 rings (SSSR count). The highest BCUT2D eigenvalue weighted by atomic mass is 32.1. The van der Waals surface area contributed by atoms with Crippen LogP contribution in [0.3, 0.4) is 0 Å². The maximum atomic E-state index is 13.6. The number of nitrogens with one attached hydrogen (secondary N) is 1. The molecule has 1 aromatic carbocycles. The van der Waals surface area contributed by atoms with E-state index in [1.165, 1.54) is 17.4 Å². The zero-order valence-corrected chi connectivity index (χ0v) is 10.7. The molecule has 0 bridgehead atoms. The zero-order valence-electron chi connectivity index (χ0n) is 9.03. The first-order valence-corrected chi connectivity index (χ1v) is 6.07. The van der Waals surface area contributed by atoms with Gasteiger partial charge in [-0.05, 0) is 25.1 Å². The van der Waals surface area contributed by atoms with Crippen LogP contribution in [0.15, 0.2) is 24.4 Å². The Kier molecular flexibility index (Phi) is 3.35. The average Bonchev–Trinajstić information content (AvgIpc) is 2.63. The Morgan fingerprint density at radius 2 is 2.29 bits per heavy atom. The quantitative estimate of drug-likeness (QED) is 0.839. The van der Waals surface area contributed by atoms with Crippen molar-refractivity contribution >= 4 is 39.4 Å². The van der Waals surface area contributed by atoms with Crippen molar-refractivity contribution in [3.63, 3.8) is 0 Å². The summed E-state index contributed by atoms with van der Waals surface area (Å²) in [6, 6.07) is 4.62. The molecule has 88 valence electrons. The van der Waals surface area contributed by atoms with Crippen LogP contribution < -0.4 is 11.1 Å². The SMILES string of the molecule is Cc1cnc(Nc2ccc(C(N)=S)c(F)c2)s1. The van der Waals surface area contributed by atoms with Gasteiger partial charge in [-0.3, -0.25) is 0 Å². The van der Waals surface area contributed by atoms with Crippen LogP contribution in [-0.2, 0) is 0 Å². The minimum Gasteiger partial charge on any atom is -0.389 e. The monoisotopic (exact) mass is 267 g/mol. The van der Waals surface area contributed by atoms with Crippen LogP contribution in [0.4, 0.5) is 15.2 Å². The molecule has 0 atom stereocenters. The second-order valence-corrected chi connectivity index (χ2v) is 5.13. The van der Waals surface area contributed by atoms with Gasteiger partial charge in [0.05, 0.1) is 0 Å². The van der Waals surface area contributed by atoms with Crippen LogP contribution in [0.25, 0.3) is 0 Å². The van der Waals surface area contributed by atoms with E-state index in [9.17, 15) is 4.39 Å². The number of nitrogens with zero attached hydrogens (tertiary/aromatic N) is 1. The van der Waals surface area contributed by atoms with Gasteiger partial charge in [0, 0.05) is 22.3 Å². The van der Waals surface area contributed by atoms with Crippen LogP contribution in [0.1, 0.15) is 10.4 Å². The Bertz CT molecular complexity index is 566. The zero-order chi connectivity index (χ0) is 12.4. The van der Waals surface area contributed by atoms with Gasteiger partial charge in [0.25, 0.3) is 0 Å². The molecule has 0 amide bonds. The third-order valence-electron chi connectivity index (χ3n) is 2.11. The Labute approximate surface area is 107 Å². The van der Waals surface area contributed by atoms with Crippen molar-refractivity contribution in [3.8, 4) is 0 Å². The molecule has 0 fully saturated rings. The predicted octanol–water partition coefficient (Wildman–Crippen LogP) is 2.97. The van der Waals surface area contributed by atoms with E-state index in [2.05, 4.69) is 10.3 Å². The molecule has 2 aromatic rings. The van der Waals surface area contributed by atoms with Gasteiger partial charge in [-0.15, -0.1) is 11.3 Å². The highest BCUT2D eigenvalue weighted by molar-refractivity contribution is 7.80. The molecule has 0 unspecified atom stereocenters. The summed E-state index contributed by atoms with van der Waals surface area (Å²) in [4.78, 5) is 5.28. The maximum Gasteiger partial charge on any atom is 0.187 e. The van der Waals surface area contributed by atoms with E-state index in [-0.39, 0.29) is 10.6 Å². The lowest BCUT2D eigenvalue weighted by Crippen LogP contribution is -2.11. The molecule has 0 aliphatic heterocycles. The molecule has 17 heavy (non-hydrogen) atoms. The van der Waals surface area contributed by atoms with Crippen molar-refractivity contribution in [1.29, 1.82) is 0 Å².